The summed E-state index contributed by atoms with van der Waals surface area (Å²) in [4.78, 5) is 11.8. The molecule has 12 heteroatoms. The highest BCUT2D eigenvalue weighted by atomic mass is 35.5. The molecule has 3 N–H and O–H groups in total. The largest absolute Gasteiger partial charge is 0.382 e. The van der Waals surface area contributed by atoms with Gasteiger partial charge in [-0.25, -0.2) is 22.8 Å². The molecule has 1 saturated heterocycles. The molecule has 0 bridgehead atoms. The zero-order chi connectivity index (χ0) is 30.3. The minimum absolute atomic E-state index is 0.0404. The van der Waals surface area contributed by atoms with E-state index in [4.69, 9.17) is 27.1 Å². The van der Waals surface area contributed by atoms with E-state index in [-0.39, 0.29) is 27.3 Å². The molecule has 6 rings (SSSR count). The van der Waals surface area contributed by atoms with Crippen LogP contribution in [0, 0.1) is 5.82 Å². The van der Waals surface area contributed by atoms with Gasteiger partial charge in [0.1, 0.15) is 33.6 Å². The molecule has 2 aliphatic rings. The number of sulfonamides is 1. The van der Waals surface area contributed by atoms with Crippen LogP contribution in [-0.4, -0.2) is 60.0 Å². The van der Waals surface area contributed by atoms with E-state index in [9.17, 15) is 8.42 Å². The molecule has 0 radical (unpaired) electrons. The van der Waals surface area contributed by atoms with E-state index in [0.29, 0.717) is 22.8 Å². The first-order valence-corrected chi connectivity index (χ1v) is 16.3. The van der Waals surface area contributed by atoms with Gasteiger partial charge >= 0.3 is 0 Å². The van der Waals surface area contributed by atoms with Gasteiger partial charge in [0.25, 0.3) is 10.0 Å². The van der Waals surface area contributed by atoms with Crippen molar-refractivity contribution in [1.29, 1.82) is 0 Å². The molecule has 1 aliphatic heterocycles. The van der Waals surface area contributed by atoms with Crippen molar-refractivity contribution in [2.24, 2.45) is 0 Å². The Bertz CT molecular complexity index is 1820. The summed E-state index contributed by atoms with van der Waals surface area (Å²) >= 11 is 6.08. The van der Waals surface area contributed by atoms with E-state index in [0.717, 1.165) is 57.1 Å². The molecule has 1 fully saturated rings. The predicted octanol–water partition coefficient (Wildman–Crippen LogP) is 5.96. The number of rotatable bonds is 7. The van der Waals surface area contributed by atoms with Gasteiger partial charge in [0.2, 0.25) is 0 Å². The number of nitrogen functional groups attached to an aromatic ring is 1. The van der Waals surface area contributed by atoms with Crippen LogP contribution in [0.15, 0.2) is 59.6 Å². The van der Waals surface area contributed by atoms with E-state index >= 15 is 4.39 Å². The van der Waals surface area contributed by atoms with Gasteiger partial charge in [-0.1, -0.05) is 49.7 Å². The lowest BCUT2D eigenvalue weighted by Gasteiger charge is -2.36. The molecule has 0 saturated carbocycles. The van der Waals surface area contributed by atoms with E-state index in [1.807, 2.05) is 0 Å². The average molecular weight is 625 g/mol. The molecule has 1 atom stereocenters. The van der Waals surface area contributed by atoms with Gasteiger partial charge in [-0.3, -0.25) is 14.0 Å². The maximum absolute atomic E-state index is 15.4. The third-order valence-electron chi connectivity index (χ3n) is 8.12. The van der Waals surface area contributed by atoms with Gasteiger partial charge in [0.15, 0.2) is 0 Å². The number of nitrogens with zero attached hydrogens (tertiary/aromatic N) is 4. The van der Waals surface area contributed by atoms with Crippen LogP contribution in [0.25, 0.3) is 22.3 Å². The first kappa shape index (κ1) is 29.6. The standard InChI is InChI=1S/C31H34ClFN6O3S/c1-19(2)31-36-28(21-9-12-25(24(33)17-21)37-43(40,41)27-6-4-3-5-23(27)32)29-30(34)35-18-26(39(29)31)20-7-10-22(11-8-20)38-13-15-42-16-14-38/h3-7,9,12,17-19,22,37H,8,10-11,13-16H2,1-2H3,(H2,34,35)/t22-/m1/s1. The zero-order valence-electron chi connectivity index (χ0n) is 24.1. The maximum Gasteiger partial charge on any atom is 0.263 e. The number of hydrogen-bond donors (Lipinski definition) is 2. The minimum Gasteiger partial charge on any atom is -0.382 e. The highest BCUT2D eigenvalue weighted by Gasteiger charge is 2.27. The molecule has 0 spiro atoms. The third kappa shape index (κ3) is 5.74. The number of ether oxygens (including phenoxy) is 1. The van der Waals surface area contributed by atoms with Crippen molar-refractivity contribution in [2.75, 3.05) is 36.8 Å². The highest BCUT2D eigenvalue weighted by Crippen LogP contribution is 2.37. The summed E-state index contributed by atoms with van der Waals surface area (Å²) < 4.78 is 51.1. The summed E-state index contributed by atoms with van der Waals surface area (Å²) in [5, 5.41) is 0.0428. The van der Waals surface area contributed by atoms with Gasteiger partial charge in [-0.05, 0) is 49.1 Å². The fourth-order valence-electron chi connectivity index (χ4n) is 5.92. The Kier molecular flexibility index (Phi) is 8.16. The molecule has 1 aliphatic carbocycles. The lowest BCUT2D eigenvalue weighted by atomic mass is 9.92. The Balaban J connectivity index is 1.36. The first-order valence-electron chi connectivity index (χ1n) is 14.4. The summed E-state index contributed by atoms with van der Waals surface area (Å²) in [7, 11) is -4.11. The minimum atomic E-state index is -4.11. The zero-order valence-corrected chi connectivity index (χ0v) is 25.6. The number of aromatic nitrogens is 3. The van der Waals surface area contributed by atoms with Crippen LogP contribution in [0.1, 0.15) is 50.5 Å². The van der Waals surface area contributed by atoms with Crippen LogP contribution in [0.3, 0.4) is 0 Å². The molecule has 2 aromatic carbocycles. The Morgan fingerprint density at radius 2 is 1.93 bits per heavy atom. The summed E-state index contributed by atoms with van der Waals surface area (Å²) in [6, 6.07) is 10.7. The molecule has 3 heterocycles. The van der Waals surface area contributed by atoms with E-state index in [2.05, 4.69) is 38.9 Å². The normalized spacial score (nSPS) is 18.3. The van der Waals surface area contributed by atoms with Crippen molar-refractivity contribution in [3.05, 3.63) is 77.1 Å². The second-order valence-electron chi connectivity index (χ2n) is 11.2. The molecule has 4 aromatic rings. The highest BCUT2D eigenvalue weighted by molar-refractivity contribution is 7.92. The topological polar surface area (TPSA) is 115 Å². The summed E-state index contributed by atoms with van der Waals surface area (Å²) in [6.45, 7) is 7.58. The summed E-state index contributed by atoms with van der Waals surface area (Å²) in [6.07, 6.45) is 6.96. The number of allylic oxidation sites excluding steroid dienone is 1. The van der Waals surface area contributed by atoms with Gasteiger partial charge < -0.3 is 10.5 Å². The number of morpholine rings is 1. The third-order valence-corrected chi connectivity index (χ3v) is 9.98. The SMILES string of the molecule is CC(C)c1nc(-c2ccc(NS(=O)(=O)c3ccccc3Cl)c(F)c2)c2c(N)ncc(C3=CC[C@@H](N4CCOCC4)CC3)n12. The Morgan fingerprint density at radius 1 is 1.16 bits per heavy atom. The number of fused-ring (bicyclic) bond motifs is 1. The Labute approximate surface area is 255 Å². The molecular weight excluding hydrogens is 591 g/mol. The van der Waals surface area contributed by atoms with Crippen LogP contribution in [0.4, 0.5) is 15.9 Å². The lowest BCUT2D eigenvalue weighted by molar-refractivity contribution is 0.0150. The van der Waals surface area contributed by atoms with Crippen LogP contribution in [0.2, 0.25) is 5.02 Å². The molecular formula is C31H34ClFN6O3S. The number of nitrogens with one attached hydrogen (secondary N) is 1. The number of anilines is 2. The quantitative estimate of drug-likeness (QED) is 0.261. The monoisotopic (exact) mass is 624 g/mol. The Hall–Kier alpha value is -3.51. The van der Waals surface area contributed by atoms with Gasteiger partial charge in [-0.15, -0.1) is 0 Å². The first-order chi connectivity index (χ1) is 20.6. The smallest absolute Gasteiger partial charge is 0.263 e. The van der Waals surface area contributed by atoms with E-state index in [1.165, 1.54) is 29.8 Å². The van der Waals surface area contributed by atoms with E-state index in [1.54, 1.807) is 24.4 Å². The van der Waals surface area contributed by atoms with Crippen molar-refractivity contribution < 1.29 is 17.5 Å². The fraction of sp³-hybridized carbons (Fsp3) is 0.355. The molecule has 2 aromatic heterocycles. The Morgan fingerprint density at radius 3 is 2.60 bits per heavy atom. The molecule has 9 nitrogen and oxygen atoms in total. The summed E-state index contributed by atoms with van der Waals surface area (Å²) in [5.41, 5.74) is 9.89. The van der Waals surface area contributed by atoms with Gasteiger partial charge in [0, 0.05) is 30.6 Å². The fourth-order valence-corrected chi connectivity index (χ4v) is 7.51. The van der Waals surface area contributed by atoms with Crippen LogP contribution in [0.5, 0.6) is 0 Å². The molecule has 0 unspecified atom stereocenters. The second-order valence-corrected chi connectivity index (χ2v) is 13.3. The average Bonchev–Trinajstić information content (AvgIpc) is 3.41. The number of benzene rings is 2. The van der Waals surface area contributed by atoms with Crippen molar-refractivity contribution in [2.45, 2.75) is 50.0 Å². The van der Waals surface area contributed by atoms with Crippen molar-refractivity contribution >= 4 is 44.2 Å². The van der Waals surface area contributed by atoms with Crippen LogP contribution >= 0.6 is 11.6 Å². The van der Waals surface area contributed by atoms with Crippen molar-refractivity contribution in [1.82, 2.24) is 19.3 Å². The molecule has 226 valence electrons. The number of halogens is 2. The van der Waals surface area contributed by atoms with Crippen LogP contribution in [-0.2, 0) is 14.8 Å². The summed E-state index contributed by atoms with van der Waals surface area (Å²) in [5.74, 6) is 0.352. The second kappa shape index (κ2) is 11.9. The molecule has 43 heavy (non-hydrogen) atoms. The van der Waals surface area contributed by atoms with E-state index < -0.39 is 15.8 Å². The predicted molar refractivity (Wildman–Crippen MR) is 167 cm³/mol. The number of imidazole rings is 1. The van der Waals surface area contributed by atoms with Crippen LogP contribution < -0.4 is 10.5 Å². The maximum atomic E-state index is 15.4. The molecule has 0 amide bonds. The van der Waals surface area contributed by atoms with Gasteiger partial charge in [0.05, 0.1) is 35.8 Å². The van der Waals surface area contributed by atoms with Crippen molar-refractivity contribution in [3.63, 3.8) is 0 Å². The lowest BCUT2D eigenvalue weighted by Crippen LogP contribution is -2.44. The number of hydrogen-bond acceptors (Lipinski definition) is 7. The van der Waals surface area contributed by atoms with Crippen molar-refractivity contribution in [3.8, 4) is 11.3 Å². The number of nitrogens with two attached hydrogens (primary N) is 1. The van der Waals surface area contributed by atoms with Gasteiger partial charge in [-0.2, -0.15) is 0 Å².